The van der Waals surface area contributed by atoms with Gasteiger partial charge in [0.2, 0.25) is 0 Å². The fourth-order valence-electron chi connectivity index (χ4n) is 3.70. The van der Waals surface area contributed by atoms with Crippen molar-refractivity contribution in [2.75, 3.05) is 13.7 Å². The molecule has 32 heavy (non-hydrogen) atoms. The van der Waals surface area contributed by atoms with E-state index in [1.807, 2.05) is 69.3 Å². The number of ether oxygens (including phenoxy) is 2. The average Bonchev–Trinajstić information content (AvgIpc) is 3.06. The van der Waals surface area contributed by atoms with E-state index in [9.17, 15) is 9.59 Å². The predicted molar refractivity (Wildman–Crippen MR) is 124 cm³/mol. The highest BCUT2D eigenvalue weighted by atomic mass is 16.5. The number of aryl methyl sites for hydroxylation is 2. The van der Waals surface area contributed by atoms with E-state index in [0.717, 1.165) is 33.8 Å². The lowest BCUT2D eigenvalue weighted by Gasteiger charge is -2.23. The molecular formula is C26H30N2O4. The number of nitrogens with zero attached hydrogens (tertiary/aromatic N) is 1. The summed E-state index contributed by atoms with van der Waals surface area (Å²) in [5, 5.41) is 0. The van der Waals surface area contributed by atoms with E-state index >= 15 is 0 Å². The van der Waals surface area contributed by atoms with Crippen LogP contribution in [0.3, 0.4) is 0 Å². The van der Waals surface area contributed by atoms with Gasteiger partial charge in [0.05, 0.1) is 25.8 Å². The standard InChI is InChI=1S/C26H30N2O4/c1-6-32-26(30)24-18(3)23(27-19(24)4)16-28(15-20-9-13-22(31-5)14-10-20)25(29)21-11-7-17(2)8-12-21/h7-14,27H,6,15-16H2,1-5H3. The molecule has 3 rings (SSSR count). The van der Waals surface area contributed by atoms with Crippen LogP contribution in [0.4, 0.5) is 0 Å². The summed E-state index contributed by atoms with van der Waals surface area (Å²) >= 11 is 0. The SMILES string of the molecule is CCOC(=O)c1c(C)[nH]c(CN(Cc2ccc(OC)cc2)C(=O)c2ccc(C)cc2)c1C. The Kier molecular flexibility index (Phi) is 7.36. The maximum Gasteiger partial charge on any atom is 0.340 e. The minimum atomic E-state index is -0.350. The van der Waals surface area contributed by atoms with Gasteiger partial charge in [0.15, 0.2) is 0 Å². The minimum absolute atomic E-state index is 0.0786. The Bertz CT molecular complexity index is 1080. The molecule has 0 bridgehead atoms. The number of carbonyl (C=O) groups is 2. The summed E-state index contributed by atoms with van der Waals surface area (Å²) in [6, 6.07) is 15.2. The smallest absolute Gasteiger partial charge is 0.340 e. The zero-order valence-corrected chi connectivity index (χ0v) is 19.3. The molecule has 6 nitrogen and oxygen atoms in total. The molecule has 1 aromatic heterocycles. The van der Waals surface area contributed by atoms with Crippen LogP contribution in [0.5, 0.6) is 5.75 Å². The Hall–Kier alpha value is -3.54. The highest BCUT2D eigenvalue weighted by Crippen LogP contribution is 2.23. The van der Waals surface area contributed by atoms with Crippen molar-refractivity contribution in [2.24, 2.45) is 0 Å². The molecule has 1 heterocycles. The molecule has 0 atom stereocenters. The molecule has 0 saturated heterocycles. The van der Waals surface area contributed by atoms with Crippen LogP contribution < -0.4 is 4.74 Å². The van der Waals surface area contributed by atoms with Crippen LogP contribution in [-0.4, -0.2) is 35.5 Å². The Balaban J connectivity index is 1.93. The van der Waals surface area contributed by atoms with Crippen molar-refractivity contribution in [2.45, 2.75) is 40.8 Å². The number of amides is 1. The van der Waals surface area contributed by atoms with Gasteiger partial charge >= 0.3 is 5.97 Å². The summed E-state index contributed by atoms with van der Waals surface area (Å²) in [4.78, 5) is 30.9. The third-order valence-corrected chi connectivity index (χ3v) is 5.49. The molecule has 0 aliphatic heterocycles. The lowest BCUT2D eigenvalue weighted by atomic mass is 10.1. The van der Waals surface area contributed by atoms with Crippen LogP contribution in [0.15, 0.2) is 48.5 Å². The number of benzene rings is 2. The summed E-state index contributed by atoms with van der Waals surface area (Å²) in [5.41, 5.74) is 5.60. The van der Waals surface area contributed by atoms with E-state index in [1.165, 1.54) is 0 Å². The average molecular weight is 435 g/mol. The molecular weight excluding hydrogens is 404 g/mol. The first-order valence-corrected chi connectivity index (χ1v) is 10.7. The van der Waals surface area contributed by atoms with Crippen molar-refractivity contribution in [3.8, 4) is 5.75 Å². The molecule has 0 radical (unpaired) electrons. The second-order valence-electron chi connectivity index (χ2n) is 7.82. The van der Waals surface area contributed by atoms with Gasteiger partial charge in [0, 0.05) is 23.5 Å². The number of aromatic nitrogens is 1. The second kappa shape index (κ2) is 10.2. The molecule has 3 aromatic rings. The van der Waals surface area contributed by atoms with Crippen molar-refractivity contribution in [3.63, 3.8) is 0 Å². The lowest BCUT2D eigenvalue weighted by Crippen LogP contribution is -2.30. The quantitative estimate of drug-likeness (QED) is 0.508. The molecule has 0 aliphatic carbocycles. The van der Waals surface area contributed by atoms with E-state index in [-0.39, 0.29) is 11.9 Å². The highest BCUT2D eigenvalue weighted by Gasteiger charge is 2.23. The van der Waals surface area contributed by atoms with Crippen molar-refractivity contribution in [1.29, 1.82) is 0 Å². The molecule has 0 unspecified atom stereocenters. The summed E-state index contributed by atoms with van der Waals surface area (Å²) in [7, 11) is 1.62. The molecule has 1 N–H and O–H groups in total. The summed E-state index contributed by atoms with van der Waals surface area (Å²) in [5.74, 6) is 0.335. The zero-order valence-electron chi connectivity index (χ0n) is 19.3. The Labute approximate surface area is 189 Å². The van der Waals surface area contributed by atoms with E-state index in [0.29, 0.717) is 30.8 Å². The van der Waals surface area contributed by atoms with Gasteiger partial charge < -0.3 is 19.4 Å². The van der Waals surface area contributed by atoms with Crippen LogP contribution in [0.1, 0.15) is 55.7 Å². The van der Waals surface area contributed by atoms with Crippen molar-refractivity contribution >= 4 is 11.9 Å². The fourth-order valence-corrected chi connectivity index (χ4v) is 3.70. The van der Waals surface area contributed by atoms with Crippen molar-refractivity contribution < 1.29 is 19.1 Å². The number of aromatic amines is 1. The Morgan fingerprint density at radius 1 is 0.938 bits per heavy atom. The van der Waals surface area contributed by atoms with E-state index in [4.69, 9.17) is 9.47 Å². The number of carbonyl (C=O) groups excluding carboxylic acids is 2. The van der Waals surface area contributed by atoms with Crippen LogP contribution in [0.2, 0.25) is 0 Å². The van der Waals surface area contributed by atoms with Gasteiger partial charge in [-0.3, -0.25) is 4.79 Å². The first-order valence-electron chi connectivity index (χ1n) is 10.7. The fraction of sp³-hybridized carbons (Fsp3) is 0.308. The normalized spacial score (nSPS) is 10.7. The van der Waals surface area contributed by atoms with Gasteiger partial charge in [-0.1, -0.05) is 29.8 Å². The zero-order chi connectivity index (χ0) is 23.3. The van der Waals surface area contributed by atoms with E-state index in [2.05, 4.69) is 4.98 Å². The van der Waals surface area contributed by atoms with Gasteiger partial charge in [-0.25, -0.2) is 4.79 Å². The molecule has 168 valence electrons. The molecule has 0 saturated carbocycles. The second-order valence-corrected chi connectivity index (χ2v) is 7.82. The Morgan fingerprint density at radius 2 is 1.59 bits per heavy atom. The van der Waals surface area contributed by atoms with E-state index < -0.39 is 0 Å². The van der Waals surface area contributed by atoms with Crippen LogP contribution in [-0.2, 0) is 17.8 Å². The number of rotatable bonds is 8. The predicted octanol–water partition coefficient (Wildman–Crippen LogP) is 4.97. The molecule has 6 heteroatoms. The third kappa shape index (κ3) is 5.19. The lowest BCUT2D eigenvalue weighted by molar-refractivity contribution is 0.0525. The number of hydrogen-bond acceptors (Lipinski definition) is 4. The van der Waals surface area contributed by atoms with Gasteiger partial charge in [-0.2, -0.15) is 0 Å². The molecule has 2 aromatic carbocycles. The Morgan fingerprint density at radius 3 is 2.19 bits per heavy atom. The van der Waals surface area contributed by atoms with Gasteiger partial charge in [0.1, 0.15) is 5.75 Å². The third-order valence-electron chi connectivity index (χ3n) is 5.49. The monoisotopic (exact) mass is 434 g/mol. The number of nitrogens with one attached hydrogen (secondary N) is 1. The minimum Gasteiger partial charge on any atom is -0.497 e. The first kappa shape index (κ1) is 23.1. The van der Waals surface area contributed by atoms with Crippen LogP contribution >= 0.6 is 0 Å². The maximum absolute atomic E-state index is 13.4. The van der Waals surface area contributed by atoms with Crippen molar-refractivity contribution in [1.82, 2.24) is 9.88 Å². The number of H-pyrrole nitrogens is 1. The summed E-state index contributed by atoms with van der Waals surface area (Å²) in [6.45, 7) is 8.57. The molecule has 0 fully saturated rings. The molecule has 0 spiro atoms. The summed E-state index contributed by atoms with van der Waals surface area (Å²) < 4.78 is 10.4. The van der Waals surface area contributed by atoms with Gasteiger partial charge in [-0.05, 0) is 63.1 Å². The van der Waals surface area contributed by atoms with Crippen LogP contribution in [0, 0.1) is 20.8 Å². The first-order chi connectivity index (χ1) is 15.3. The largest absolute Gasteiger partial charge is 0.497 e. The van der Waals surface area contributed by atoms with Gasteiger partial charge in [0.25, 0.3) is 5.91 Å². The highest BCUT2D eigenvalue weighted by molar-refractivity contribution is 5.95. The number of hydrogen-bond donors (Lipinski definition) is 1. The maximum atomic E-state index is 13.4. The van der Waals surface area contributed by atoms with Crippen LogP contribution in [0.25, 0.3) is 0 Å². The number of methoxy groups -OCH3 is 1. The summed E-state index contributed by atoms with van der Waals surface area (Å²) in [6.07, 6.45) is 0. The molecule has 0 aliphatic rings. The van der Waals surface area contributed by atoms with Gasteiger partial charge in [-0.15, -0.1) is 0 Å². The number of esters is 1. The van der Waals surface area contributed by atoms with E-state index in [1.54, 1.807) is 18.9 Å². The van der Waals surface area contributed by atoms with Crippen molar-refractivity contribution in [3.05, 3.63) is 87.7 Å². The topological polar surface area (TPSA) is 71.6 Å². The molecule has 1 amide bonds.